The lowest BCUT2D eigenvalue weighted by atomic mass is 10.1. The van der Waals surface area contributed by atoms with Crippen molar-refractivity contribution in [1.82, 2.24) is 14.4 Å². The van der Waals surface area contributed by atoms with Crippen LogP contribution in [0, 0.1) is 0 Å². The first kappa shape index (κ1) is 25.1. The fourth-order valence-electron chi connectivity index (χ4n) is 2.41. The lowest BCUT2D eigenvalue weighted by Crippen LogP contribution is -2.26. The first-order chi connectivity index (χ1) is 13.5. The predicted molar refractivity (Wildman–Crippen MR) is 106 cm³/mol. The molecule has 0 bridgehead atoms. The molecule has 0 radical (unpaired) electrons. The molecule has 1 saturated heterocycles. The third-order valence-corrected chi connectivity index (χ3v) is 6.08. The molecule has 29 heavy (non-hydrogen) atoms. The predicted octanol–water partition coefficient (Wildman–Crippen LogP) is 4.84. The minimum Gasteiger partial charge on any atom is -0.329 e. The summed E-state index contributed by atoms with van der Waals surface area (Å²) in [6.45, 7) is 10.9. The highest BCUT2D eigenvalue weighted by Crippen LogP contribution is 2.29. The van der Waals surface area contributed by atoms with Gasteiger partial charge in [0.2, 0.25) is 10.0 Å². The molecule has 0 aromatic carbocycles. The Kier molecular flexibility index (Phi) is 9.78. The molecule has 1 aromatic heterocycles. The second-order valence-electron chi connectivity index (χ2n) is 6.54. The maximum Gasteiger partial charge on any atom is 0.471 e. The van der Waals surface area contributed by atoms with Gasteiger partial charge in [0.25, 0.3) is 0 Å². The van der Waals surface area contributed by atoms with Gasteiger partial charge >= 0.3 is 12.1 Å². The van der Waals surface area contributed by atoms with Gasteiger partial charge < -0.3 is 4.52 Å². The molecule has 1 fully saturated rings. The van der Waals surface area contributed by atoms with E-state index in [1.807, 2.05) is 26.8 Å². The maximum atomic E-state index is 12.4. The van der Waals surface area contributed by atoms with E-state index in [1.54, 1.807) is 16.5 Å². The van der Waals surface area contributed by atoms with Crippen LogP contribution in [0.3, 0.4) is 0 Å². The fourth-order valence-corrected chi connectivity index (χ4v) is 4.03. The number of hydrogen-bond donors (Lipinski definition) is 0. The highest BCUT2D eigenvalue weighted by Gasteiger charge is 2.38. The summed E-state index contributed by atoms with van der Waals surface area (Å²) in [7, 11) is -2.82. The van der Waals surface area contributed by atoms with Crippen molar-refractivity contribution in [1.29, 1.82) is 0 Å². The fraction of sp³-hybridized carbons (Fsp3) is 0.579. The van der Waals surface area contributed by atoms with Gasteiger partial charge in [0, 0.05) is 18.7 Å². The zero-order chi connectivity index (χ0) is 22.1. The zero-order valence-electron chi connectivity index (χ0n) is 17.0. The molecule has 0 saturated carbocycles. The van der Waals surface area contributed by atoms with Crippen LogP contribution in [0.4, 0.5) is 13.2 Å². The number of halogens is 3. The second kappa shape index (κ2) is 11.3. The molecule has 2 heterocycles. The first-order valence-corrected chi connectivity index (χ1v) is 11.0. The molecule has 0 atom stereocenters. The van der Waals surface area contributed by atoms with Crippen LogP contribution in [0.15, 0.2) is 34.9 Å². The number of alkyl halides is 3. The molecule has 1 aliphatic heterocycles. The monoisotopic (exact) mass is 435 g/mol. The van der Waals surface area contributed by atoms with Gasteiger partial charge in [-0.15, -0.1) is 6.58 Å². The average molecular weight is 436 g/mol. The Morgan fingerprint density at radius 3 is 2.45 bits per heavy atom. The molecule has 2 rings (SSSR count). The van der Waals surface area contributed by atoms with Gasteiger partial charge in [-0.3, -0.25) is 0 Å². The summed E-state index contributed by atoms with van der Waals surface area (Å²) in [5.74, 6) is -1.05. The summed E-state index contributed by atoms with van der Waals surface area (Å²) in [6.07, 6.45) is 3.40. The van der Waals surface area contributed by atoms with Gasteiger partial charge in [-0.05, 0) is 32.6 Å². The lowest BCUT2D eigenvalue weighted by molar-refractivity contribution is -0.159. The molecule has 0 spiro atoms. The summed E-state index contributed by atoms with van der Waals surface area (Å²) in [6, 6.07) is 0. The smallest absolute Gasteiger partial charge is 0.329 e. The van der Waals surface area contributed by atoms with Crippen LogP contribution < -0.4 is 0 Å². The average Bonchev–Trinajstić information content (AvgIpc) is 3.26. The van der Waals surface area contributed by atoms with E-state index in [0.29, 0.717) is 24.3 Å². The van der Waals surface area contributed by atoms with Crippen molar-refractivity contribution in [2.75, 3.05) is 18.8 Å². The summed E-state index contributed by atoms with van der Waals surface area (Å²) in [5.41, 5.74) is 1.63. The van der Waals surface area contributed by atoms with Crippen LogP contribution in [0.5, 0.6) is 0 Å². The highest BCUT2D eigenvalue weighted by atomic mass is 32.2. The Balaban J connectivity index is 0.000000352. The Labute approximate surface area is 170 Å². The van der Waals surface area contributed by atoms with Crippen LogP contribution in [0.2, 0.25) is 0 Å². The summed E-state index contributed by atoms with van der Waals surface area (Å²) >= 11 is 0. The van der Waals surface area contributed by atoms with Crippen LogP contribution in [-0.4, -0.2) is 41.7 Å². The molecular formula is C19H28F3N3O3S. The van der Waals surface area contributed by atoms with Crippen molar-refractivity contribution in [2.24, 2.45) is 0 Å². The largest absolute Gasteiger partial charge is 0.471 e. The van der Waals surface area contributed by atoms with Gasteiger partial charge in [0.1, 0.15) is 0 Å². The van der Waals surface area contributed by atoms with E-state index in [2.05, 4.69) is 21.2 Å². The van der Waals surface area contributed by atoms with Crippen molar-refractivity contribution in [3.63, 3.8) is 0 Å². The van der Waals surface area contributed by atoms with E-state index < -0.39 is 22.1 Å². The number of sulfonamides is 1. The molecular weight excluding hydrogens is 407 g/mol. The van der Waals surface area contributed by atoms with Crippen molar-refractivity contribution in [3.8, 4) is 0 Å². The Morgan fingerprint density at radius 2 is 2.00 bits per heavy atom. The third kappa shape index (κ3) is 8.14. The molecule has 0 amide bonds. The number of rotatable bonds is 7. The Morgan fingerprint density at radius 1 is 1.31 bits per heavy atom. The van der Waals surface area contributed by atoms with E-state index in [-0.39, 0.29) is 5.82 Å². The van der Waals surface area contributed by atoms with E-state index in [4.69, 9.17) is 0 Å². The van der Waals surface area contributed by atoms with Crippen molar-refractivity contribution >= 4 is 15.6 Å². The third-order valence-electron chi connectivity index (χ3n) is 4.12. The maximum absolute atomic E-state index is 12.4. The topological polar surface area (TPSA) is 76.3 Å². The van der Waals surface area contributed by atoms with E-state index in [0.717, 1.165) is 31.4 Å². The zero-order valence-corrected chi connectivity index (χ0v) is 17.8. The van der Waals surface area contributed by atoms with Crippen LogP contribution in [-0.2, 0) is 16.2 Å². The normalized spacial score (nSPS) is 17.7. The first-order valence-electron chi connectivity index (χ1n) is 9.41. The molecule has 0 N–H and O–H groups in total. The number of allylic oxidation sites excluding steroid dienone is 5. The van der Waals surface area contributed by atoms with Crippen LogP contribution in [0.1, 0.15) is 58.2 Å². The number of aromatic nitrogens is 2. The molecule has 1 aromatic rings. The SMILES string of the molecule is C=CC/C(=C\C=C(\C)CC)c1noc(C(F)(F)F)n1.CCCN1CCCS1(=O)=O. The summed E-state index contributed by atoms with van der Waals surface area (Å²) in [5, 5.41) is 3.35. The van der Waals surface area contributed by atoms with Gasteiger partial charge in [-0.2, -0.15) is 18.2 Å². The molecule has 0 aliphatic carbocycles. The van der Waals surface area contributed by atoms with Crippen molar-refractivity contribution in [2.45, 2.75) is 52.6 Å². The second-order valence-corrected chi connectivity index (χ2v) is 8.63. The van der Waals surface area contributed by atoms with Gasteiger partial charge in [-0.25, -0.2) is 12.7 Å². The lowest BCUT2D eigenvalue weighted by Gasteiger charge is -2.11. The quantitative estimate of drug-likeness (QED) is 0.453. The van der Waals surface area contributed by atoms with E-state index in [9.17, 15) is 21.6 Å². The molecule has 164 valence electrons. The summed E-state index contributed by atoms with van der Waals surface area (Å²) < 4.78 is 65.1. The highest BCUT2D eigenvalue weighted by molar-refractivity contribution is 7.89. The molecule has 6 nitrogen and oxygen atoms in total. The number of hydrogen-bond acceptors (Lipinski definition) is 5. The van der Waals surface area contributed by atoms with Crippen molar-refractivity contribution < 1.29 is 26.1 Å². The van der Waals surface area contributed by atoms with Crippen molar-refractivity contribution in [3.05, 3.63) is 42.1 Å². The van der Waals surface area contributed by atoms with Gasteiger partial charge in [0.15, 0.2) is 5.82 Å². The number of nitrogens with zero attached hydrogens (tertiary/aromatic N) is 3. The van der Waals surface area contributed by atoms with E-state index >= 15 is 0 Å². The molecule has 0 unspecified atom stereocenters. The minimum absolute atomic E-state index is 0.0626. The Hall–Kier alpha value is -1.94. The molecule has 10 heteroatoms. The van der Waals surface area contributed by atoms with Crippen LogP contribution >= 0.6 is 0 Å². The van der Waals surface area contributed by atoms with Crippen LogP contribution in [0.25, 0.3) is 5.57 Å². The van der Waals surface area contributed by atoms with E-state index in [1.165, 1.54) is 0 Å². The van der Waals surface area contributed by atoms with Gasteiger partial charge in [0.05, 0.1) is 5.75 Å². The Bertz CT molecular complexity index is 827. The van der Waals surface area contributed by atoms with Gasteiger partial charge in [-0.1, -0.05) is 42.8 Å². The molecule has 1 aliphatic rings. The summed E-state index contributed by atoms with van der Waals surface area (Å²) in [4.78, 5) is 3.36. The minimum atomic E-state index is -4.63. The standard InChI is InChI=1S/C13H15F3N2O.C6H13NO2S/c1-4-6-10(8-7-9(3)5-2)11-17-12(19-18-11)13(14,15)16;1-2-4-7-5-3-6-10(7,8)9/h4,7-8H,1,5-6H2,2-3H3;2-6H2,1H3/b9-7-,10-8+;.